The predicted molar refractivity (Wildman–Crippen MR) is 265 cm³/mol. The fourth-order valence-corrected chi connectivity index (χ4v) is 7.57. The molecule has 0 radical (unpaired) electrons. The lowest BCUT2D eigenvalue weighted by Gasteiger charge is -2.18. The van der Waals surface area contributed by atoms with E-state index in [9.17, 15) is 14.4 Å². The van der Waals surface area contributed by atoms with Crippen LogP contribution in [0.4, 0.5) is 0 Å². The van der Waals surface area contributed by atoms with Crippen LogP contribution in [0, 0.1) is 0 Å². The SMILES string of the molecule is CC/C=C\C/C=C\C/C=C\CCCCCCCC(=O)O[C@H](COC(=O)CCCCCCC/C=C\CCCCC)COC(=O)CCCCCCCCCCCCCCCCCCC. The van der Waals surface area contributed by atoms with Gasteiger partial charge in [0.25, 0.3) is 0 Å². The molecular weight excluding hydrogens is 769 g/mol. The van der Waals surface area contributed by atoms with Gasteiger partial charge >= 0.3 is 17.9 Å². The van der Waals surface area contributed by atoms with E-state index in [1.165, 1.54) is 128 Å². The summed E-state index contributed by atoms with van der Waals surface area (Å²) in [5, 5.41) is 0. The van der Waals surface area contributed by atoms with E-state index in [1.807, 2.05) is 0 Å². The molecule has 0 amide bonds. The molecule has 0 aromatic rings. The minimum Gasteiger partial charge on any atom is -0.462 e. The van der Waals surface area contributed by atoms with Gasteiger partial charge in [0.2, 0.25) is 0 Å². The number of carbonyl (C=O) groups excluding carboxylic acids is 3. The standard InChI is InChI=1S/C56H100O6/c1-4-7-10-13-16-19-22-25-27-28-30-31-34-37-40-43-46-49-55(58)61-52-53(51-60-54(57)48-45-42-39-36-33-24-21-18-15-12-9-6-3)62-56(59)50-47-44-41-38-35-32-29-26-23-20-17-14-11-8-5-2/h8,11,17-18,20-21,26,29,53H,4-7,9-10,12-16,19,22-25,27-28,30-52H2,1-3H3/b11-8-,20-17-,21-18-,29-26-/t53-/m1/s1. The zero-order valence-corrected chi connectivity index (χ0v) is 41.1. The molecule has 0 heterocycles. The molecule has 360 valence electrons. The van der Waals surface area contributed by atoms with Crippen molar-refractivity contribution in [2.75, 3.05) is 13.2 Å². The van der Waals surface area contributed by atoms with Crippen LogP contribution in [0.15, 0.2) is 48.6 Å². The zero-order chi connectivity index (χ0) is 45.1. The van der Waals surface area contributed by atoms with Gasteiger partial charge in [0.05, 0.1) is 0 Å². The largest absolute Gasteiger partial charge is 0.462 e. The first-order chi connectivity index (χ1) is 30.5. The fourth-order valence-electron chi connectivity index (χ4n) is 7.57. The number of hydrogen-bond donors (Lipinski definition) is 0. The summed E-state index contributed by atoms with van der Waals surface area (Å²) in [5.74, 6) is -0.897. The third-order valence-corrected chi connectivity index (χ3v) is 11.6. The highest BCUT2D eigenvalue weighted by molar-refractivity contribution is 5.71. The molecule has 0 N–H and O–H groups in total. The van der Waals surface area contributed by atoms with Gasteiger partial charge in [0.15, 0.2) is 6.10 Å². The highest BCUT2D eigenvalue weighted by atomic mass is 16.6. The van der Waals surface area contributed by atoms with Crippen molar-refractivity contribution in [1.82, 2.24) is 0 Å². The summed E-state index contributed by atoms with van der Waals surface area (Å²) in [6, 6.07) is 0. The van der Waals surface area contributed by atoms with Gasteiger partial charge in [-0.3, -0.25) is 14.4 Å². The highest BCUT2D eigenvalue weighted by Gasteiger charge is 2.19. The molecule has 6 nitrogen and oxygen atoms in total. The lowest BCUT2D eigenvalue weighted by atomic mass is 10.0. The van der Waals surface area contributed by atoms with Crippen LogP contribution in [-0.4, -0.2) is 37.2 Å². The zero-order valence-electron chi connectivity index (χ0n) is 41.1. The van der Waals surface area contributed by atoms with Crippen LogP contribution in [0.2, 0.25) is 0 Å². The quantitative estimate of drug-likeness (QED) is 0.0262. The third-order valence-electron chi connectivity index (χ3n) is 11.6. The van der Waals surface area contributed by atoms with E-state index in [0.717, 1.165) is 103 Å². The van der Waals surface area contributed by atoms with E-state index in [2.05, 4.69) is 69.4 Å². The number of rotatable bonds is 48. The second kappa shape index (κ2) is 51.0. The summed E-state index contributed by atoms with van der Waals surface area (Å²) >= 11 is 0. The Morgan fingerprint density at radius 1 is 0.339 bits per heavy atom. The minimum atomic E-state index is -0.782. The Hall–Kier alpha value is -2.63. The molecule has 1 atom stereocenters. The topological polar surface area (TPSA) is 78.9 Å². The maximum atomic E-state index is 12.8. The Labute approximate surface area is 384 Å². The molecule has 0 spiro atoms. The molecule has 0 fully saturated rings. The summed E-state index contributed by atoms with van der Waals surface area (Å²) in [4.78, 5) is 38.0. The smallest absolute Gasteiger partial charge is 0.306 e. The van der Waals surface area contributed by atoms with Crippen LogP contribution in [-0.2, 0) is 28.6 Å². The first-order valence-electron chi connectivity index (χ1n) is 26.6. The number of esters is 3. The molecule has 0 saturated carbocycles. The Kier molecular flexibility index (Phi) is 48.8. The van der Waals surface area contributed by atoms with Crippen LogP contribution < -0.4 is 0 Å². The van der Waals surface area contributed by atoms with Crippen LogP contribution in [0.1, 0.15) is 271 Å². The van der Waals surface area contributed by atoms with Gasteiger partial charge < -0.3 is 14.2 Å². The second-order valence-corrected chi connectivity index (χ2v) is 17.8. The van der Waals surface area contributed by atoms with Gasteiger partial charge in [0.1, 0.15) is 13.2 Å². The van der Waals surface area contributed by atoms with E-state index in [4.69, 9.17) is 14.2 Å². The maximum Gasteiger partial charge on any atom is 0.306 e. The predicted octanol–water partition coefficient (Wildman–Crippen LogP) is 17.5. The summed E-state index contributed by atoms with van der Waals surface area (Å²) in [5.41, 5.74) is 0. The van der Waals surface area contributed by atoms with Crippen LogP contribution in [0.3, 0.4) is 0 Å². The molecule has 62 heavy (non-hydrogen) atoms. The van der Waals surface area contributed by atoms with Crippen molar-refractivity contribution in [3.63, 3.8) is 0 Å². The van der Waals surface area contributed by atoms with Crippen LogP contribution in [0.5, 0.6) is 0 Å². The summed E-state index contributed by atoms with van der Waals surface area (Å²) < 4.78 is 16.8. The summed E-state index contributed by atoms with van der Waals surface area (Å²) in [6.45, 7) is 6.50. The van der Waals surface area contributed by atoms with Gasteiger partial charge in [-0.25, -0.2) is 0 Å². The Morgan fingerprint density at radius 2 is 0.629 bits per heavy atom. The minimum absolute atomic E-state index is 0.0803. The Balaban J connectivity index is 4.36. The molecule has 0 bridgehead atoms. The molecule has 0 saturated heterocycles. The van der Waals surface area contributed by atoms with Gasteiger partial charge in [-0.1, -0.05) is 223 Å². The van der Waals surface area contributed by atoms with Crippen molar-refractivity contribution in [1.29, 1.82) is 0 Å². The lowest BCUT2D eigenvalue weighted by Crippen LogP contribution is -2.30. The van der Waals surface area contributed by atoms with Gasteiger partial charge in [-0.2, -0.15) is 0 Å². The van der Waals surface area contributed by atoms with Gasteiger partial charge in [-0.15, -0.1) is 0 Å². The van der Waals surface area contributed by atoms with Crippen molar-refractivity contribution < 1.29 is 28.6 Å². The fraction of sp³-hybridized carbons (Fsp3) is 0.804. The molecule has 6 heteroatoms. The monoisotopic (exact) mass is 869 g/mol. The lowest BCUT2D eigenvalue weighted by molar-refractivity contribution is -0.167. The van der Waals surface area contributed by atoms with Crippen molar-refractivity contribution in [2.24, 2.45) is 0 Å². The van der Waals surface area contributed by atoms with Crippen LogP contribution in [0.25, 0.3) is 0 Å². The summed E-state index contributed by atoms with van der Waals surface area (Å²) in [6.07, 6.45) is 60.9. The Morgan fingerprint density at radius 3 is 1.03 bits per heavy atom. The number of allylic oxidation sites excluding steroid dienone is 8. The Bertz CT molecular complexity index is 1090. The van der Waals surface area contributed by atoms with E-state index < -0.39 is 6.10 Å². The highest BCUT2D eigenvalue weighted by Crippen LogP contribution is 2.16. The van der Waals surface area contributed by atoms with Gasteiger partial charge in [0, 0.05) is 19.3 Å². The molecule has 0 unspecified atom stereocenters. The van der Waals surface area contributed by atoms with Crippen molar-refractivity contribution in [2.45, 2.75) is 277 Å². The average molecular weight is 869 g/mol. The number of carbonyl (C=O) groups is 3. The van der Waals surface area contributed by atoms with E-state index >= 15 is 0 Å². The van der Waals surface area contributed by atoms with E-state index in [1.54, 1.807) is 0 Å². The molecule has 0 aliphatic rings. The van der Waals surface area contributed by atoms with Gasteiger partial charge in [-0.05, 0) is 77.0 Å². The molecule has 0 aliphatic carbocycles. The van der Waals surface area contributed by atoms with E-state index in [-0.39, 0.29) is 31.1 Å². The first-order valence-corrected chi connectivity index (χ1v) is 26.6. The second-order valence-electron chi connectivity index (χ2n) is 17.8. The van der Waals surface area contributed by atoms with Crippen molar-refractivity contribution in [3.05, 3.63) is 48.6 Å². The number of unbranched alkanes of at least 4 members (excludes halogenated alkanes) is 29. The molecule has 0 aliphatic heterocycles. The van der Waals surface area contributed by atoms with Crippen molar-refractivity contribution in [3.8, 4) is 0 Å². The van der Waals surface area contributed by atoms with E-state index in [0.29, 0.717) is 19.3 Å². The number of ether oxygens (including phenoxy) is 3. The third kappa shape index (κ3) is 48.4. The number of hydrogen-bond acceptors (Lipinski definition) is 6. The molecule has 0 aromatic carbocycles. The maximum absolute atomic E-state index is 12.8. The normalized spacial score (nSPS) is 12.4. The summed E-state index contributed by atoms with van der Waals surface area (Å²) in [7, 11) is 0. The van der Waals surface area contributed by atoms with Crippen LogP contribution >= 0.6 is 0 Å². The molecule has 0 rings (SSSR count). The molecular formula is C56H100O6. The first kappa shape index (κ1) is 59.4. The average Bonchev–Trinajstić information content (AvgIpc) is 3.27. The molecule has 0 aromatic heterocycles. The van der Waals surface area contributed by atoms with Crippen molar-refractivity contribution >= 4 is 17.9 Å².